The van der Waals surface area contributed by atoms with E-state index >= 15 is 0 Å². The molecule has 5 heteroatoms. The highest BCUT2D eigenvalue weighted by Crippen LogP contribution is 2.23. The summed E-state index contributed by atoms with van der Waals surface area (Å²) >= 11 is 0. The predicted molar refractivity (Wildman–Crippen MR) is 105 cm³/mol. The van der Waals surface area contributed by atoms with E-state index in [2.05, 4.69) is 29.5 Å². The lowest BCUT2D eigenvalue weighted by Crippen LogP contribution is -2.28. The van der Waals surface area contributed by atoms with Crippen LogP contribution in [0.25, 0.3) is 11.3 Å². The van der Waals surface area contributed by atoms with E-state index in [1.165, 1.54) is 5.56 Å². The standard InChI is InChI=1S/C22H24N2O3/c1-3-7-18(16-8-5-4-6-9-16)15-23-22(25)20-14-21(27-24-20)17-10-12-19(26-2)13-11-17/h4-6,8-14,18H,3,7,15H2,1-2H3,(H,23,25). The van der Waals surface area contributed by atoms with Gasteiger partial charge in [0.25, 0.3) is 5.91 Å². The maximum absolute atomic E-state index is 12.5. The molecule has 0 aliphatic carbocycles. The van der Waals surface area contributed by atoms with Crippen molar-refractivity contribution in [1.82, 2.24) is 10.5 Å². The fourth-order valence-electron chi connectivity index (χ4n) is 3.04. The third-order valence-corrected chi connectivity index (χ3v) is 4.53. The van der Waals surface area contributed by atoms with Crippen molar-refractivity contribution < 1.29 is 14.1 Å². The van der Waals surface area contributed by atoms with Gasteiger partial charge in [0, 0.05) is 24.1 Å². The van der Waals surface area contributed by atoms with Crippen LogP contribution in [-0.4, -0.2) is 24.7 Å². The van der Waals surface area contributed by atoms with E-state index in [-0.39, 0.29) is 17.5 Å². The molecule has 3 rings (SSSR count). The van der Waals surface area contributed by atoms with Gasteiger partial charge in [0.05, 0.1) is 7.11 Å². The number of ether oxygens (including phenoxy) is 1. The highest BCUT2D eigenvalue weighted by molar-refractivity contribution is 5.93. The Hall–Kier alpha value is -3.08. The zero-order valence-electron chi connectivity index (χ0n) is 15.6. The number of nitrogens with one attached hydrogen (secondary N) is 1. The van der Waals surface area contributed by atoms with E-state index in [0.717, 1.165) is 24.2 Å². The van der Waals surface area contributed by atoms with Gasteiger partial charge in [0.15, 0.2) is 11.5 Å². The van der Waals surface area contributed by atoms with Gasteiger partial charge in [-0.05, 0) is 36.2 Å². The Kier molecular flexibility index (Phi) is 6.26. The minimum Gasteiger partial charge on any atom is -0.497 e. The van der Waals surface area contributed by atoms with Crippen LogP contribution < -0.4 is 10.1 Å². The molecule has 1 atom stereocenters. The monoisotopic (exact) mass is 364 g/mol. The third-order valence-electron chi connectivity index (χ3n) is 4.53. The van der Waals surface area contributed by atoms with Crippen molar-refractivity contribution in [2.45, 2.75) is 25.7 Å². The van der Waals surface area contributed by atoms with Crippen molar-refractivity contribution in [3.8, 4) is 17.1 Å². The molecule has 0 bridgehead atoms. The van der Waals surface area contributed by atoms with Crippen LogP contribution in [0.5, 0.6) is 5.75 Å². The number of carbonyl (C=O) groups excluding carboxylic acids is 1. The maximum Gasteiger partial charge on any atom is 0.273 e. The van der Waals surface area contributed by atoms with E-state index in [4.69, 9.17) is 9.26 Å². The molecule has 1 aromatic heterocycles. The smallest absolute Gasteiger partial charge is 0.273 e. The van der Waals surface area contributed by atoms with E-state index in [0.29, 0.717) is 12.3 Å². The van der Waals surface area contributed by atoms with Crippen molar-refractivity contribution >= 4 is 5.91 Å². The molecule has 0 radical (unpaired) electrons. The number of carbonyl (C=O) groups is 1. The number of methoxy groups -OCH3 is 1. The normalized spacial score (nSPS) is 11.8. The Morgan fingerprint density at radius 1 is 1.15 bits per heavy atom. The Labute approximate surface area is 159 Å². The summed E-state index contributed by atoms with van der Waals surface area (Å²) in [4.78, 5) is 12.5. The number of hydrogen-bond donors (Lipinski definition) is 1. The highest BCUT2D eigenvalue weighted by atomic mass is 16.5. The lowest BCUT2D eigenvalue weighted by atomic mass is 9.94. The van der Waals surface area contributed by atoms with Crippen molar-refractivity contribution in [3.05, 3.63) is 71.9 Å². The first-order chi connectivity index (χ1) is 13.2. The van der Waals surface area contributed by atoms with Crippen molar-refractivity contribution in [1.29, 1.82) is 0 Å². The summed E-state index contributed by atoms with van der Waals surface area (Å²) in [5, 5.41) is 6.90. The van der Waals surface area contributed by atoms with Crippen LogP contribution in [0.15, 0.2) is 65.2 Å². The largest absolute Gasteiger partial charge is 0.497 e. The molecular weight excluding hydrogens is 340 g/mol. The molecule has 2 aromatic carbocycles. The second-order valence-corrected chi connectivity index (χ2v) is 6.41. The molecule has 0 spiro atoms. The molecule has 1 amide bonds. The molecule has 1 N–H and O–H groups in total. The molecule has 1 unspecified atom stereocenters. The molecule has 5 nitrogen and oxygen atoms in total. The third kappa shape index (κ3) is 4.76. The predicted octanol–water partition coefficient (Wildman–Crippen LogP) is 4.66. The van der Waals surface area contributed by atoms with Gasteiger partial charge in [-0.25, -0.2) is 0 Å². The molecule has 0 aliphatic rings. The second-order valence-electron chi connectivity index (χ2n) is 6.41. The summed E-state index contributed by atoms with van der Waals surface area (Å²) < 4.78 is 10.5. The topological polar surface area (TPSA) is 64.4 Å². The molecule has 0 saturated carbocycles. The molecular formula is C22H24N2O3. The van der Waals surface area contributed by atoms with Crippen LogP contribution >= 0.6 is 0 Å². The van der Waals surface area contributed by atoms with Crippen LogP contribution in [0.2, 0.25) is 0 Å². The number of amides is 1. The summed E-state index contributed by atoms with van der Waals surface area (Å²) in [5.41, 5.74) is 2.36. The first-order valence-electron chi connectivity index (χ1n) is 9.15. The molecule has 140 valence electrons. The number of hydrogen-bond acceptors (Lipinski definition) is 4. The first kappa shape index (κ1) is 18.7. The quantitative estimate of drug-likeness (QED) is 0.631. The van der Waals surface area contributed by atoms with E-state index in [9.17, 15) is 4.79 Å². The van der Waals surface area contributed by atoms with Crippen LogP contribution in [0, 0.1) is 0 Å². The lowest BCUT2D eigenvalue weighted by Gasteiger charge is -2.17. The SMILES string of the molecule is CCCC(CNC(=O)c1cc(-c2ccc(OC)cc2)on1)c1ccccc1. The van der Waals surface area contributed by atoms with Gasteiger partial charge in [-0.3, -0.25) is 4.79 Å². The number of aromatic nitrogens is 1. The Bertz CT molecular complexity index is 857. The molecule has 27 heavy (non-hydrogen) atoms. The fraction of sp³-hybridized carbons (Fsp3) is 0.273. The zero-order valence-corrected chi connectivity index (χ0v) is 15.6. The lowest BCUT2D eigenvalue weighted by molar-refractivity contribution is 0.0941. The molecule has 0 fully saturated rings. The van der Waals surface area contributed by atoms with Crippen molar-refractivity contribution in [2.24, 2.45) is 0 Å². The summed E-state index contributed by atoms with van der Waals surface area (Å²) in [5.74, 6) is 1.37. The van der Waals surface area contributed by atoms with Gasteiger partial charge in [0.1, 0.15) is 5.75 Å². The molecule has 0 aliphatic heterocycles. The highest BCUT2D eigenvalue weighted by Gasteiger charge is 2.16. The van der Waals surface area contributed by atoms with E-state index in [1.807, 2.05) is 42.5 Å². The second kappa shape index (κ2) is 9.03. The van der Waals surface area contributed by atoms with Gasteiger partial charge in [-0.1, -0.05) is 48.8 Å². The van der Waals surface area contributed by atoms with E-state index in [1.54, 1.807) is 13.2 Å². The summed E-state index contributed by atoms with van der Waals surface area (Å²) in [6.07, 6.45) is 2.07. The fourth-order valence-corrected chi connectivity index (χ4v) is 3.04. The average molecular weight is 364 g/mol. The van der Waals surface area contributed by atoms with Crippen LogP contribution in [-0.2, 0) is 0 Å². The van der Waals surface area contributed by atoms with E-state index < -0.39 is 0 Å². The molecule has 1 heterocycles. The number of rotatable bonds is 8. The van der Waals surface area contributed by atoms with Crippen LogP contribution in [0.4, 0.5) is 0 Å². The van der Waals surface area contributed by atoms with Crippen LogP contribution in [0.1, 0.15) is 41.7 Å². The summed E-state index contributed by atoms with van der Waals surface area (Å²) in [6, 6.07) is 19.3. The number of nitrogens with zero attached hydrogens (tertiary/aromatic N) is 1. The van der Waals surface area contributed by atoms with Gasteiger partial charge in [0.2, 0.25) is 0 Å². The maximum atomic E-state index is 12.5. The van der Waals surface area contributed by atoms with Gasteiger partial charge in [-0.15, -0.1) is 0 Å². The summed E-state index contributed by atoms with van der Waals surface area (Å²) in [6.45, 7) is 2.72. The van der Waals surface area contributed by atoms with Gasteiger partial charge >= 0.3 is 0 Å². The van der Waals surface area contributed by atoms with Crippen molar-refractivity contribution in [2.75, 3.05) is 13.7 Å². The van der Waals surface area contributed by atoms with Crippen molar-refractivity contribution in [3.63, 3.8) is 0 Å². The Balaban J connectivity index is 1.64. The Morgan fingerprint density at radius 2 is 1.89 bits per heavy atom. The Morgan fingerprint density at radius 3 is 2.56 bits per heavy atom. The first-order valence-corrected chi connectivity index (χ1v) is 9.15. The van der Waals surface area contributed by atoms with Gasteiger partial charge in [-0.2, -0.15) is 0 Å². The molecule has 0 saturated heterocycles. The summed E-state index contributed by atoms with van der Waals surface area (Å²) in [7, 11) is 1.62. The molecule has 3 aromatic rings. The zero-order chi connectivity index (χ0) is 19.1. The number of benzene rings is 2. The minimum absolute atomic E-state index is 0.226. The van der Waals surface area contributed by atoms with Crippen LogP contribution in [0.3, 0.4) is 0 Å². The van der Waals surface area contributed by atoms with Gasteiger partial charge < -0.3 is 14.6 Å². The minimum atomic E-state index is -0.226. The average Bonchev–Trinajstić information content (AvgIpc) is 3.22.